The van der Waals surface area contributed by atoms with Gasteiger partial charge in [0, 0.05) is 5.54 Å². The third kappa shape index (κ3) is 2.44. The van der Waals surface area contributed by atoms with E-state index >= 15 is 0 Å². The fraction of sp³-hybridized carbons (Fsp3) is 0.500. The number of thiazole rings is 1. The first-order valence-electron chi connectivity index (χ1n) is 6.36. The second-order valence-electron chi connectivity index (χ2n) is 4.45. The molecule has 0 unspecified atom stereocenters. The largest absolute Gasteiger partial charge is 0.356 e. The molecule has 0 amide bonds. The molecular formula is C14H20N2S. The van der Waals surface area contributed by atoms with E-state index in [-0.39, 0.29) is 5.54 Å². The van der Waals surface area contributed by atoms with Crippen molar-refractivity contribution in [3.63, 3.8) is 0 Å². The molecule has 2 nitrogen and oxygen atoms in total. The maximum Gasteiger partial charge on any atom is 0.184 e. The van der Waals surface area contributed by atoms with Gasteiger partial charge in [-0.1, -0.05) is 44.2 Å². The molecule has 0 bridgehead atoms. The lowest BCUT2D eigenvalue weighted by Crippen LogP contribution is -2.35. The lowest BCUT2D eigenvalue weighted by molar-refractivity contribution is 0.420. The molecule has 1 aromatic carbocycles. The monoisotopic (exact) mass is 248 g/mol. The molecule has 0 saturated heterocycles. The molecule has 92 valence electrons. The summed E-state index contributed by atoms with van der Waals surface area (Å²) in [5.74, 6) is 0. The van der Waals surface area contributed by atoms with Crippen molar-refractivity contribution in [3.8, 4) is 0 Å². The molecule has 3 heteroatoms. The van der Waals surface area contributed by atoms with Gasteiger partial charge in [0.25, 0.3) is 0 Å². The maximum absolute atomic E-state index is 4.65. The summed E-state index contributed by atoms with van der Waals surface area (Å²) in [6, 6.07) is 8.31. The molecule has 1 aromatic heterocycles. The van der Waals surface area contributed by atoms with Crippen molar-refractivity contribution in [2.75, 3.05) is 5.32 Å². The van der Waals surface area contributed by atoms with E-state index in [0.29, 0.717) is 0 Å². The van der Waals surface area contributed by atoms with Crippen LogP contribution in [-0.4, -0.2) is 10.5 Å². The van der Waals surface area contributed by atoms with Gasteiger partial charge in [0.1, 0.15) is 0 Å². The quantitative estimate of drug-likeness (QED) is 0.831. The first-order chi connectivity index (χ1) is 8.23. The van der Waals surface area contributed by atoms with Crippen molar-refractivity contribution in [1.29, 1.82) is 0 Å². The molecule has 0 aliphatic rings. The van der Waals surface area contributed by atoms with Gasteiger partial charge < -0.3 is 5.32 Å². The number of benzene rings is 1. The van der Waals surface area contributed by atoms with E-state index < -0.39 is 0 Å². The first-order valence-corrected chi connectivity index (χ1v) is 7.18. The number of rotatable bonds is 5. The highest BCUT2D eigenvalue weighted by molar-refractivity contribution is 7.22. The predicted octanol–water partition coefficient (Wildman–Crippen LogP) is 4.68. The standard InChI is InChI=1S/C14H20N2S/c1-4-14(5-2,6-3)16-13-15-11-9-7-8-10-12(11)17-13/h7-10H,4-6H2,1-3H3,(H,15,16). The minimum absolute atomic E-state index is 0.202. The van der Waals surface area contributed by atoms with Crippen LogP contribution in [0.3, 0.4) is 0 Å². The van der Waals surface area contributed by atoms with Gasteiger partial charge >= 0.3 is 0 Å². The van der Waals surface area contributed by atoms with E-state index in [0.717, 1.165) is 29.9 Å². The number of nitrogens with zero attached hydrogens (tertiary/aromatic N) is 1. The number of anilines is 1. The molecule has 0 aliphatic carbocycles. The Morgan fingerprint density at radius 1 is 1.12 bits per heavy atom. The third-order valence-electron chi connectivity index (χ3n) is 3.70. The van der Waals surface area contributed by atoms with Crippen LogP contribution in [0.1, 0.15) is 40.0 Å². The number of fused-ring (bicyclic) bond motifs is 1. The second kappa shape index (κ2) is 5.05. The normalized spacial score (nSPS) is 11.9. The van der Waals surface area contributed by atoms with Gasteiger partial charge in [0.15, 0.2) is 5.13 Å². The highest BCUT2D eigenvalue weighted by atomic mass is 32.1. The first kappa shape index (κ1) is 12.4. The fourth-order valence-electron chi connectivity index (χ4n) is 2.17. The number of hydrogen-bond donors (Lipinski definition) is 1. The van der Waals surface area contributed by atoms with Crippen molar-refractivity contribution in [1.82, 2.24) is 4.98 Å². The molecule has 1 N–H and O–H groups in total. The van der Waals surface area contributed by atoms with Crippen LogP contribution in [0.5, 0.6) is 0 Å². The summed E-state index contributed by atoms with van der Waals surface area (Å²) < 4.78 is 1.26. The third-order valence-corrected chi connectivity index (χ3v) is 4.65. The van der Waals surface area contributed by atoms with Crippen molar-refractivity contribution < 1.29 is 0 Å². The predicted molar refractivity (Wildman–Crippen MR) is 76.8 cm³/mol. The molecule has 0 fully saturated rings. The van der Waals surface area contributed by atoms with Crippen LogP contribution in [0, 0.1) is 0 Å². The Bertz CT molecular complexity index is 444. The average molecular weight is 248 g/mol. The van der Waals surface area contributed by atoms with Crippen LogP contribution >= 0.6 is 11.3 Å². The van der Waals surface area contributed by atoms with Gasteiger partial charge in [-0.3, -0.25) is 0 Å². The number of aromatic nitrogens is 1. The van der Waals surface area contributed by atoms with Crippen LogP contribution in [0.4, 0.5) is 5.13 Å². The average Bonchev–Trinajstić information content (AvgIpc) is 2.78. The Morgan fingerprint density at radius 3 is 2.35 bits per heavy atom. The highest BCUT2D eigenvalue weighted by Crippen LogP contribution is 2.31. The molecule has 2 aromatic rings. The maximum atomic E-state index is 4.65. The molecule has 0 aliphatic heterocycles. The number of hydrogen-bond acceptors (Lipinski definition) is 3. The van der Waals surface area contributed by atoms with E-state index in [4.69, 9.17) is 0 Å². The van der Waals surface area contributed by atoms with Crippen LogP contribution in [-0.2, 0) is 0 Å². The molecule has 2 rings (SSSR count). The Kier molecular flexibility index (Phi) is 3.67. The summed E-state index contributed by atoms with van der Waals surface area (Å²) in [5.41, 5.74) is 1.30. The molecule has 0 spiro atoms. The summed E-state index contributed by atoms with van der Waals surface area (Å²) in [6.45, 7) is 6.73. The fourth-order valence-corrected chi connectivity index (χ4v) is 3.15. The zero-order valence-corrected chi connectivity index (χ0v) is 11.6. The molecule has 0 saturated carbocycles. The van der Waals surface area contributed by atoms with Crippen LogP contribution in [0.2, 0.25) is 0 Å². The minimum atomic E-state index is 0.202. The SMILES string of the molecule is CCC(CC)(CC)Nc1nc2ccccc2s1. The van der Waals surface area contributed by atoms with Gasteiger partial charge in [-0.15, -0.1) is 0 Å². The second-order valence-corrected chi connectivity index (χ2v) is 5.48. The molecule has 1 heterocycles. The molecule has 17 heavy (non-hydrogen) atoms. The van der Waals surface area contributed by atoms with Gasteiger partial charge in [0.2, 0.25) is 0 Å². The Labute approximate surface area is 107 Å². The summed E-state index contributed by atoms with van der Waals surface area (Å²) >= 11 is 1.75. The van der Waals surface area contributed by atoms with Gasteiger partial charge in [0.05, 0.1) is 10.2 Å². The molecular weight excluding hydrogens is 228 g/mol. The zero-order chi connectivity index (χ0) is 12.3. The summed E-state index contributed by atoms with van der Waals surface area (Å²) in [4.78, 5) is 4.65. The highest BCUT2D eigenvalue weighted by Gasteiger charge is 2.24. The Morgan fingerprint density at radius 2 is 1.76 bits per heavy atom. The van der Waals surface area contributed by atoms with Crippen LogP contribution < -0.4 is 5.32 Å². The smallest absolute Gasteiger partial charge is 0.184 e. The van der Waals surface area contributed by atoms with Crippen molar-refractivity contribution in [2.45, 2.75) is 45.6 Å². The van der Waals surface area contributed by atoms with Gasteiger partial charge in [-0.2, -0.15) is 0 Å². The molecule has 0 atom stereocenters. The molecule has 0 radical (unpaired) electrons. The van der Waals surface area contributed by atoms with Crippen molar-refractivity contribution in [3.05, 3.63) is 24.3 Å². The van der Waals surface area contributed by atoms with E-state index in [9.17, 15) is 0 Å². The number of nitrogens with one attached hydrogen (secondary N) is 1. The van der Waals surface area contributed by atoms with E-state index in [2.05, 4.69) is 49.3 Å². The van der Waals surface area contributed by atoms with E-state index in [1.54, 1.807) is 11.3 Å². The topological polar surface area (TPSA) is 24.9 Å². The van der Waals surface area contributed by atoms with Gasteiger partial charge in [-0.05, 0) is 31.4 Å². The van der Waals surface area contributed by atoms with E-state index in [1.165, 1.54) is 4.70 Å². The number of para-hydroxylation sites is 1. The van der Waals surface area contributed by atoms with Crippen molar-refractivity contribution >= 4 is 26.7 Å². The summed E-state index contributed by atoms with van der Waals surface area (Å²) in [5, 5.41) is 4.69. The Hall–Kier alpha value is -1.09. The lowest BCUT2D eigenvalue weighted by Gasteiger charge is -2.31. The van der Waals surface area contributed by atoms with Crippen molar-refractivity contribution in [2.24, 2.45) is 0 Å². The lowest BCUT2D eigenvalue weighted by atomic mass is 9.90. The summed E-state index contributed by atoms with van der Waals surface area (Å²) in [6.07, 6.45) is 3.40. The van der Waals surface area contributed by atoms with Gasteiger partial charge in [-0.25, -0.2) is 4.98 Å². The Balaban J connectivity index is 2.28. The van der Waals surface area contributed by atoms with Crippen LogP contribution in [0.25, 0.3) is 10.2 Å². The minimum Gasteiger partial charge on any atom is -0.356 e. The summed E-state index contributed by atoms with van der Waals surface area (Å²) in [7, 11) is 0. The zero-order valence-electron chi connectivity index (χ0n) is 10.8. The van der Waals surface area contributed by atoms with E-state index in [1.807, 2.05) is 6.07 Å². The van der Waals surface area contributed by atoms with Crippen LogP contribution in [0.15, 0.2) is 24.3 Å².